The van der Waals surface area contributed by atoms with Gasteiger partial charge < -0.3 is 20.5 Å². The number of carbonyl (C=O) groups excluding carboxylic acids is 1. The fourth-order valence-corrected chi connectivity index (χ4v) is 4.89. The van der Waals surface area contributed by atoms with E-state index in [9.17, 15) is 36.6 Å². The third-order valence-electron chi connectivity index (χ3n) is 7.13. The van der Waals surface area contributed by atoms with E-state index < -0.39 is 59.4 Å². The number of carbonyl (C=O) groups is 2. The zero-order valence-corrected chi connectivity index (χ0v) is 24.6. The predicted molar refractivity (Wildman–Crippen MR) is 158 cm³/mol. The highest BCUT2D eigenvalue weighted by molar-refractivity contribution is 5.99. The maximum Gasteiger partial charge on any atom is 0.408 e. The van der Waals surface area contributed by atoms with Crippen LogP contribution in [0.25, 0.3) is 22.2 Å². The van der Waals surface area contributed by atoms with Crippen LogP contribution in [-0.2, 0) is 17.6 Å². The molecule has 0 radical (unpaired) electrons. The topological polar surface area (TPSA) is 113 Å². The Balaban J connectivity index is 1.64. The van der Waals surface area contributed by atoms with Crippen LogP contribution < -0.4 is 15.4 Å². The summed E-state index contributed by atoms with van der Waals surface area (Å²) in [6.07, 6.45) is -3.12. The van der Waals surface area contributed by atoms with Crippen molar-refractivity contribution in [1.82, 2.24) is 15.3 Å². The molecule has 4 rings (SSSR count). The number of hydrogen-bond acceptors (Lipinski definition) is 6. The normalized spacial score (nSPS) is 12.9. The molecule has 0 aliphatic heterocycles. The largest absolute Gasteiger partial charge is 0.492 e. The molecule has 13 heteroatoms. The third-order valence-corrected chi connectivity index (χ3v) is 7.13. The lowest BCUT2D eigenvalue weighted by Gasteiger charge is -2.22. The zero-order chi connectivity index (χ0) is 32.9. The van der Waals surface area contributed by atoms with Gasteiger partial charge in [0, 0.05) is 34.9 Å². The number of carboxylic acids is 1. The number of alkyl halides is 3. The van der Waals surface area contributed by atoms with Crippen LogP contribution in [0.1, 0.15) is 48.8 Å². The number of carboxylic acid groups (broad SMARTS) is 1. The van der Waals surface area contributed by atoms with Gasteiger partial charge in [0.1, 0.15) is 40.7 Å². The van der Waals surface area contributed by atoms with Crippen LogP contribution in [0.15, 0.2) is 54.7 Å². The maximum atomic E-state index is 14.9. The van der Waals surface area contributed by atoms with Gasteiger partial charge in [0.05, 0.1) is 12.1 Å². The van der Waals surface area contributed by atoms with Gasteiger partial charge in [-0.2, -0.15) is 13.2 Å². The fourth-order valence-electron chi connectivity index (χ4n) is 4.89. The number of anilines is 1. The molecule has 0 spiro atoms. The van der Waals surface area contributed by atoms with Crippen molar-refractivity contribution in [2.24, 2.45) is 0 Å². The molecule has 3 N–H and O–H groups in total. The molecule has 2 aromatic heterocycles. The summed E-state index contributed by atoms with van der Waals surface area (Å²) in [5.41, 5.74) is 1.33. The van der Waals surface area contributed by atoms with E-state index in [0.29, 0.717) is 58.6 Å². The molecule has 0 fully saturated rings. The van der Waals surface area contributed by atoms with E-state index in [1.807, 2.05) is 31.3 Å². The molecule has 1 amide bonds. The Morgan fingerprint density at radius 2 is 1.73 bits per heavy atom. The van der Waals surface area contributed by atoms with Crippen molar-refractivity contribution >= 4 is 28.5 Å². The molecule has 8 nitrogen and oxygen atoms in total. The Labute approximate surface area is 255 Å². The van der Waals surface area contributed by atoms with Gasteiger partial charge in [-0.1, -0.05) is 32.0 Å². The van der Waals surface area contributed by atoms with Crippen LogP contribution in [0.5, 0.6) is 5.75 Å². The first-order valence-corrected chi connectivity index (χ1v) is 14.2. The summed E-state index contributed by atoms with van der Waals surface area (Å²) >= 11 is 0. The number of ether oxygens (including phenoxy) is 1. The number of nitrogens with one attached hydrogen (secondary N) is 2. The number of hydrogen-bond donors (Lipinski definition) is 3. The smallest absolute Gasteiger partial charge is 0.408 e. The number of amides is 1. The van der Waals surface area contributed by atoms with Gasteiger partial charge in [-0.05, 0) is 55.7 Å². The van der Waals surface area contributed by atoms with Gasteiger partial charge in [-0.15, -0.1) is 0 Å². The number of aromatic nitrogens is 2. The minimum Gasteiger partial charge on any atom is -0.492 e. The molecular formula is C32H31F5N4O4. The SMILES string of the molecule is CCOc1ccc(CC)nc1-c1ccc(C[C@H](NC(=O)c2c(F)cc(N[C@H](CC)C(F)(F)F)cc2F)C(=O)O)c2cccnc12. The lowest BCUT2D eigenvalue weighted by atomic mass is 9.96. The number of nitrogens with zero attached hydrogens (tertiary/aromatic N) is 2. The Kier molecular flexibility index (Phi) is 10.2. The monoisotopic (exact) mass is 630 g/mol. The van der Waals surface area contributed by atoms with Crippen LogP contribution in [0.3, 0.4) is 0 Å². The fraction of sp³-hybridized carbons (Fsp3) is 0.312. The second-order valence-electron chi connectivity index (χ2n) is 10.1. The number of rotatable bonds is 12. The first kappa shape index (κ1) is 33.1. The average molecular weight is 631 g/mol. The van der Waals surface area contributed by atoms with E-state index in [1.54, 1.807) is 30.5 Å². The summed E-state index contributed by atoms with van der Waals surface area (Å²) < 4.78 is 74.8. The van der Waals surface area contributed by atoms with Crippen molar-refractivity contribution in [2.45, 2.75) is 58.3 Å². The van der Waals surface area contributed by atoms with Crippen molar-refractivity contribution in [1.29, 1.82) is 0 Å². The van der Waals surface area contributed by atoms with E-state index in [-0.39, 0.29) is 6.42 Å². The van der Waals surface area contributed by atoms with E-state index in [0.717, 1.165) is 5.69 Å². The minimum atomic E-state index is -4.67. The average Bonchev–Trinajstić information content (AvgIpc) is 2.99. The number of aliphatic carboxylic acids is 1. The van der Waals surface area contributed by atoms with Crippen molar-refractivity contribution in [3.05, 3.63) is 83.2 Å². The minimum absolute atomic E-state index is 0.281. The Morgan fingerprint density at radius 3 is 2.33 bits per heavy atom. The Morgan fingerprint density at radius 1 is 1.02 bits per heavy atom. The number of benzene rings is 2. The van der Waals surface area contributed by atoms with E-state index >= 15 is 0 Å². The summed E-state index contributed by atoms with van der Waals surface area (Å²) in [6.45, 7) is 5.45. The third kappa shape index (κ3) is 7.47. The van der Waals surface area contributed by atoms with Gasteiger partial charge in [-0.25, -0.2) is 18.6 Å². The van der Waals surface area contributed by atoms with Crippen LogP contribution in [-0.4, -0.2) is 51.8 Å². The van der Waals surface area contributed by atoms with E-state index in [1.165, 1.54) is 6.92 Å². The first-order chi connectivity index (χ1) is 21.4. The summed E-state index contributed by atoms with van der Waals surface area (Å²) in [5.74, 6) is -5.23. The van der Waals surface area contributed by atoms with Gasteiger partial charge in [0.25, 0.3) is 5.91 Å². The lowest BCUT2D eigenvalue weighted by Crippen LogP contribution is -2.43. The molecule has 2 atom stereocenters. The zero-order valence-electron chi connectivity index (χ0n) is 24.6. The highest BCUT2D eigenvalue weighted by atomic mass is 19.4. The highest BCUT2D eigenvalue weighted by Gasteiger charge is 2.38. The van der Waals surface area contributed by atoms with Crippen molar-refractivity contribution in [3.63, 3.8) is 0 Å². The molecule has 45 heavy (non-hydrogen) atoms. The molecule has 4 aromatic rings. The van der Waals surface area contributed by atoms with Crippen molar-refractivity contribution in [2.75, 3.05) is 11.9 Å². The maximum absolute atomic E-state index is 14.9. The molecule has 0 unspecified atom stereocenters. The highest BCUT2D eigenvalue weighted by Crippen LogP contribution is 2.35. The molecular weight excluding hydrogens is 599 g/mol. The van der Waals surface area contributed by atoms with Crippen molar-refractivity contribution in [3.8, 4) is 17.0 Å². The number of pyridine rings is 2. The van der Waals surface area contributed by atoms with Crippen LogP contribution in [0.4, 0.5) is 27.6 Å². The van der Waals surface area contributed by atoms with E-state index in [2.05, 4.69) is 10.3 Å². The molecule has 2 heterocycles. The number of aryl methyl sites for hydroxylation is 1. The molecule has 238 valence electrons. The molecule has 0 aliphatic rings. The van der Waals surface area contributed by atoms with E-state index in [4.69, 9.17) is 9.72 Å². The van der Waals surface area contributed by atoms with Gasteiger partial charge >= 0.3 is 12.1 Å². The van der Waals surface area contributed by atoms with Gasteiger partial charge in [0.15, 0.2) is 0 Å². The molecule has 0 saturated carbocycles. The second-order valence-corrected chi connectivity index (χ2v) is 10.1. The molecule has 0 bridgehead atoms. The van der Waals surface area contributed by atoms with Crippen LogP contribution in [0, 0.1) is 11.6 Å². The lowest BCUT2D eigenvalue weighted by molar-refractivity contribution is -0.143. The summed E-state index contributed by atoms with van der Waals surface area (Å²) in [7, 11) is 0. The van der Waals surface area contributed by atoms with Gasteiger partial charge in [0.2, 0.25) is 0 Å². The number of fused-ring (bicyclic) bond motifs is 1. The molecule has 0 saturated heterocycles. The van der Waals surface area contributed by atoms with Crippen LogP contribution >= 0.6 is 0 Å². The summed E-state index contributed by atoms with van der Waals surface area (Å²) in [4.78, 5) is 34.3. The quantitative estimate of drug-likeness (QED) is 0.149. The van der Waals surface area contributed by atoms with Crippen molar-refractivity contribution < 1.29 is 41.4 Å². The first-order valence-electron chi connectivity index (χ1n) is 14.2. The predicted octanol–water partition coefficient (Wildman–Crippen LogP) is 6.71. The summed E-state index contributed by atoms with van der Waals surface area (Å²) in [5, 5.41) is 14.6. The molecule has 2 aromatic carbocycles. The number of halogens is 5. The second kappa shape index (κ2) is 13.9. The molecule has 0 aliphatic carbocycles. The van der Waals surface area contributed by atoms with Gasteiger partial charge in [-0.3, -0.25) is 9.78 Å². The van der Waals surface area contributed by atoms with Crippen LogP contribution in [0.2, 0.25) is 0 Å². The summed E-state index contributed by atoms with van der Waals surface area (Å²) in [6, 6.07) is 7.85. The Hall–Kier alpha value is -4.81. The Bertz CT molecular complexity index is 1690. The standard InChI is InChI=1S/C32H31F5N4O4/c1-4-18-10-12-25(45-6-3)29(40-18)21-11-9-17(20-8-7-13-38-28(20)21)14-24(31(43)44)41-30(42)27-22(33)15-19(16-23(27)34)39-26(5-2)32(35,36)37/h7-13,15-16,24,26,39H,4-6,14H2,1-3H3,(H,41,42)(H,43,44)/t24-,26+/m0/s1.